The first-order valence-electron chi connectivity index (χ1n) is 9.00. The van der Waals surface area contributed by atoms with Gasteiger partial charge in [0.15, 0.2) is 0 Å². The highest BCUT2D eigenvalue weighted by Gasteiger charge is 2.07. The number of H-pyrrole nitrogens is 1. The molecule has 2 aromatic carbocycles. The molecule has 4 aromatic rings. The number of pyridine rings is 1. The van der Waals surface area contributed by atoms with Gasteiger partial charge >= 0.3 is 0 Å². The predicted molar refractivity (Wildman–Crippen MR) is 116 cm³/mol. The molecule has 0 radical (unpaired) electrons. The first kappa shape index (κ1) is 18.3. The summed E-state index contributed by atoms with van der Waals surface area (Å²) >= 11 is 1.41. The van der Waals surface area contributed by atoms with Crippen molar-refractivity contribution >= 4 is 45.7 Å². The molecule has 0 unspecified atom stereocenters. The summed E-state index contributed by atoms with van der Waals surface area (Å²) in [5.74, 6) is 0.0981. The van der Waals surface area contributed by atoms with Gasteiger partial charge in [-0.05, 0) is 37.6 Å². The van der Waals surface area contributed by atoms with Gasteiger partial charge in [-0.3, -0.25) is 4.79 Å². The number of hydrazone groups is 1. The minimum atomic E-state index is -0.161. The van der Waals surface area contributed by atoms with Gasteiger partial charge in [-0.15, -0.1) is 0 Å². The van der Waals surface area contributed by atoms with Crippen LogP contribution in [0.2, 0.25) is 0 Å². The number of thioether (sulfide) groups is 1. The van der Waals surface area contributed by atoms with Crippen molar-refractivity contribution < 1.29 is 4.79 Å². The molecule has 0 atom stereocenters. The van der Waals surface area contributed by atoms with E-state index in [1.165, 1.54) is 11.8 Å². The Kier molecular flexibility index (Phi) is 5.12. The average Bonchev–Trinajstić information content (AvgIpc) is 3.02. The number of benzene rings is 2. The van der Waals surface area contributed by atoms with Crippen LogP contribution >= 0.6 is 11.8 Å². The van der Waals surface area contributed by atoms with Crippen LogP contribution in [0, 0.1) is 13.8 Å². The van der Waals surface area contributed by atoms with E-state index in [1.807, 2.05) is 55.5 Å². The summed E-state index contributed by atoms with van der Waals surface area (Å²) in [7, 11) is 0. The number of aryl methyl sites for hydroxylation is 2. The maximum absolute atomic E-state index is 12.2. The Hall–Kier alpha value is -3.12. The van der Waals surface area contributed by atoms with Crippen molar-refractivity contribution in [3.8, 4) is 0 Å². The molecule has 0 saturated heterocycles. The van der Waals surface area contributed by atoms with E-state index in [2.05, 4.69) is 33.5 Å². The number of hydrogen-bond donors (Lipinski definition) is 2. The zero-order chi connectivity index (χ0) is 19.5. The molecule has 0 bridgehead atoms. The van der Waals surface area contributed by atoms with Crippen molar-refractivity contribution in [2.45, 2.75) is 18.9 Å². The van der Waals surface area contributed by atoms with Gasteiger partial charge < -0.3 is 4.98 Å². The number of carbonyl (C=O) groups is 1. The van der Waals surface area contributed by atoms with Crippen LogP contribution in [0.5, 0.6) is 0 Å². The molecule has 140 valence electrons. The first-order valence-corrected chi connectivity index (χ1v) is 9.99. The van der Waals surface area contributed by atoms with Gasteiger partial charge in [0.05, 0.1) is 22.5 Å². The van der Waals surface area contributed by atoms with Gasteiger partial charge in [0.2, 0.25) is 5.91 Å². The van der Waals surface area contributed by atoms with Gasteiger partial charge in [0.25, 0.3) is 0 Å². The van der Waals surface area contributed by atoms with Gasteiger partial charge in [0, 0.05) is 27.5 Å². The number of nitrogens with zero attached hydrogens (tertiary/aromatic N) is 2. The van der Waals surface area contributed by atoms with Crippen molar-refractivity contribution in [2.24, 2.45) is 5.10 Å². The third-order valence-corrected chi connectivity index (χ3v) is 5.49. The van der Waals surface area contributed by atoms with E-state index >= 15 is 0 Å². The van der Waals surface area contributed by atoms with Crippen molar-refractivity contribution in [3.05, 3.63) is 71.4 Å². The number of fused-ring (bicyclic) bond motifs is 2. The Bertz CT molecular complexity index is 1200. The number of hydrogen-bond acceptors (Lipinski definition) is 4. The molecule has 4 rings (SSSR count). The smallest absolute Gasteiger partial charge is 0.250 e. The maximum Gasteiger partial charge on any atom is 0.250 e. The van der Waals surface area contributed by atoms with Gasteiger partial charge in [-0.25, -0.2) is 10.4 Å². The lowest BCUT2D eigenvalue weighted by Gasteiger charge is -2.05. The maximum atomic E-state index is 12.2. The standard InChI is InChI=1S/C22H20N4OS/c1-14-11-22(25-19-9-5-3-7-16(14)19)28-13-21(27)26-23-12-18-15(2)24-20-10-6-4-8-17(18)20/h3-12,24H,13H2,1-2H3,(H,26,27)/b23-12+. The second-order valence-corrected chi connectivity index (χ2v) is 7.58. The van der Waals surface area contributed by atoms with Gasteiger partial charge in [-0.1, -0.05) is 48.2 Å². The molecule has 0 aliphatic rings. The van der Waals surface area contributed by atoms with E-state index in [-0.39, 0.29) is 11.7 Å². The van der Waals surface area contributed by atoms with Crippen LogP contribution in [0.4, 0.5) is 0 Å². The third-order valence-electron chi connectivity index (χ3n) is 4.58. The lowest BCUT2D eigenvalue weighted by atomic mass is 10.1. The van der Waals surface area contributed by atoms with Crippen molar-refractivity contribution in [1.82, 2.24) is 15.4 Å². The highest BCUT2D eigenvalue weighted by Crippen LogP contribution is 2.23. The number of rotatable bonds is 5. The van der Waals surface area contributed by atoms with Crippen LogP contribution in [0.3, 0.4) is 0 Å². The Morgan fingerprint density at radius 2 is 1.89 bits per heavy atom. The van der Waals surface area contributed by atoms with Crippen molar-refractivity contribution in [3.63, 3.8) is 0 Å². The molecule has 6 heteroatoms. The number of nitrogens with one attached hydrogen (secondary N) is 2. The van der Waals surface area contributed by atoms with Crippen LogP contribution < -0.4 is 5.43 Å². The Labute approximate surface area is 167 Å². The van der Waals surface area contributed by atoms with Crippen LogP contribution in [0.1, 0.15) is 16.8 Å². The SMILES string of the molecule is Cc1[nH]c2ccccc2c1/C=N/NC(=O)CSc1cc(C)c2ccccc2n1. The molecule has 0 aliphatic carbocycles. The number of para-hydroxylation sites is 2. The fourth-order valence-corrected chi connectivity index (χ4v) is 3.96. The quantitative estimate of drug-likeness (QED) is 0.299. The second-order valence-electron chi connectivity index (χ2n) is 6.59. The summed E-state index contributed by atoms with van der Waals surface area (Å²) in [6.07, 6.45) is 1.69. The van der Waals surface area contributed by atoms with Crippen molar-refractivity contribution in [2.75, 3.05) is 5.75 Å². The minimum Gasteiger partial charge on any atom is -0.358 e. The molecule has 28 heavy (non-hydrogen) atoms. The Morgan fingerprint density at radius 1 is 1.14 bits per heavy atom. The summed E-state index contributed by atoms with van der Waals surface area (Å²) in [4.78, 5) is 20.1. The Morgan fingerprint density at radius 3 is 2.75 bits per heavy atom. The van der Waals surface area contributed by atoms with Gasteiger partial charge in [-0.2, -0.15) is 5.10 Å². The van der Waals surface area contributed by atoms with E-state index in [0.29, 0.717) is 0 Å². The minimum absolute atomic E-state index is 0.161. The number of amides is 1. The third kappa shape index (κ3) is 3.77. The molecular weight excluding hydrogens is 368 g/mol. The zero-order valence-corrected chi connectivity index (χ0v) is 16.5. The van der Waals surface area contributed by atoms with E-state index < -0.39 is 0 Å². The lowest BCUT2D eigenvalue weighted by Crippen LogP contribution is -2.19. The summed E-state index contributed by atoms with van der Waals surface area (Å²) < 4.78 is 0. The van der Waals surface area contributed by atoms with E-state index in [1.54, 1.807) is 6.21 Å². The highest BCUT2D eigenvalue weighted by atomic mass is 32.2. The molecule has 0 aliphatic heterocycles. The number of carbonyl (C=O) groups excluding carboxylic acids is 1. The van der Waals surface area contributed by atoms with E-state index in [0.717, 1.165) is 43.7 Å². The molecule has 2 heterocycles. The highest BCUT2D eigenvalue weighted by molar-refractivity contribution is 7.99. The van der Waals surface area contributed by atoms with Crippen LogP contribution in [0.25, 0.3) is 21.8 Å². The predicted octanol–water partition coefficient (Wildman–Crippen LogP) is 4.58. The second kappa shape index (κ2) is 7.86. The fourth-order valence-electron chi connectivity index (χ4n) is 3.20. The average molecular weight is 388 g/mol. The van der Waals surface area contributed by atoms with E-state index in [9.17, 15) is 4.79 Å². The summed E-state index contributed by atoms with van der Waals surface area (Å²) in [5, 5.41) is 7.18. The van der Waals surface area contributed by atoms with Crippen LogP contribution in [0.15, 0.2) is 64.7 Å². The molecule has 1 amide bonds. The summed E-state index contributed by atoms with van der Waals surface area (Å²) in [6, 6.07) is 18.1. The number of aromatic amines is 1. The van der Waals surface area contributed by atoms with E-state index in [4.69, 9.17) is 0 Å². The molecule has 5 nitrogen and oxygen atoms in total. The largest absolute Gasteiger partial charge is 0.358 e. The Balaban J connectivity index is 1.40. The molecular formula is C22H20N4OS. The zero-order valence-electron chi connectivity index (χ0n) is 15.7. The van der Waals surface area contributed by atoms with Gasteiger partial charge in [0.1, 0.15) is 0 Å². The first-order chi connectivity index (χ1) is 13.6. The monoisotopic (exact) mass is 388 g/mol. The summed E-state index contributed by atoms with van der Waals surface area (Å²) in [6.45, 7) is 4.05. The number of aromatic nitrogens is 2. The molecule has 0 spiro atoms. The van der Waals surface area contributed by atoms with Crippen molar-refractivity contribution in [1.29, 1.82) is 0 Å². The molecule has 0 fully saturated rings. The fraction of sp³-hybridized carbons (Fsp3) is 0.136. The lowest BCUT2D eigenvalue weighted by molar-refractivity contribution is -0.118. The van der Waals surface area contributed by atoms with Crippen LogP contribution in [-0.4, -0.2) is 27.8 Å². The molecule has 0 saturated carbocycles. The normalized spacial score (nSPS) is 11.5. The molecule has 2 aromatic heterocycles. The van der Waals surface area contributed by atoms with Crippen LogP contribution in [-0.2, 0) is 4.79 Å². The summed E-state index contributed by atoms with van der Waals surface area (Å²) in [5.41, 5.74) is 7.76. The molecule has 2 N–H and O–H groups in total. The topological polar surface area (TPSA) is 70.1 Å².